The Morgan fingerprint density at radius 3 is 2.22 bits per heavy atom. The summed E-state index contributed by atoms with van der Waals surface area (Å²) in [6.07, 6.45) is -13.0. The maximum Gasteiger partial charge on any atom is 0.344 e. The minimum Gasteiger partial charge on any atom is -0.507 e. The van der Waals surface area contributed by atoms with E-state index in [4.69, 9.17) is 28.1 Å². The van der Waals surface area contributed by atoms with E-state index in [1.807, 2.05) is 0 Å². The van der Waals surface area contributed by atoms with E-state index in [0.29, 0.717) is 5.56 Å². The number of rotatable bonds is 6. The average molecular weight is 643 g/mol. The highest BCUT2D eigenvalue weighted by atomic mass is 16.8. The number of carbonyl (C=O) groups is 1. The molecule has 0 saturated carbocycles. The van der Waals surface area contributed by atoms with E-state index in [0.717, 1.165) is 0 Å². The van der Waals surface area contributed by atoms with Gasteiger partial charge in [-0.1, -0.05) is 18.2 Å². The lowest BCUT2D eigenvalue weighted by Crippen LogP contribution is -2.64. The molecule has 0 aliphatic carbocycles. The minimum absolute atomic E-state index is 0.0107. The van der Waals surface area contributed by atoms with Gasteiger partial charge in [0.2, 0.25) is 6.29 Å². The number of fused-ring (bicyclic) bond motifs is 5. The number of carboxylic acids is 1. The fraction of sp³-hybridized carbons (Fsp3) is 0.438. The molecule has 2 saturated heterocycles. The number of carboxylic acid groups (broad SMARTS) is 1. The van der Waals surface area contributed by atoms with Crippen LogP contribution < -0.4 is 10.4 Å². The van der Waals surface area contributed by atoms with Crippen molar-refractivity contribution >= 4 is 38.5 Å². The number of benzene rings is 3. The molecule has 2 fully saturated rings. The molecule has 3 aromatic carbocycles. The fourth-order valence-electron chi connectivity index (χ4n) is 6.26. The van der Waals surface area contributed by atoms with Crippen LogP contribution in [0.4, 0.5) is 0 Å². The van der Waals surface area contributed by atoms with Crippen molar-refractivity contribution < 1.29 is 63.5 Å². The van der Waals surface area contributed by atoms with Crippen molar-refractivity contribution in [1.29, 1.82) is 0 Å². The van der Waals surface area contributed by atoms with Crippen LogP contribution in [0.25, 0.3) is 32.5 Å². The first-order chi connectivity index (χ1) is 21.8. The summed E-state index contributed by atoms with van der Waals surface area (Å²) in [7, 11) is 1.30. The number of phenolic OH excluding ortho intramolecular Hbond substituents is 1. The van der Waals surface area contributed by atoms with Crippen LogP contribution in [0.5, 0.6) is 11.5 Å². The third-order valence-electron chi connectivity index (χ3n) is 8.74. The smallest absolute Gasteiger partial charge is 0.344 e. The molecule has 2 aliphatic rings. The molecule has 14 heteroatoms. The number of methoxy groups -OCH3 is 1. The molecule has 4 aromatic rings. The summed E-state index contributed by atoms with van der Waals surface area (Å²) >= 11 is 0. The molecule has 14 nitrogen and oxygen atoms in total. The van der Waals surface area contributed by atoms with Gasteiger partial charge in [0.1, 0.15) is 42.0 Å². The van der Waals surface area contributed by atoms with Gasteiger partial charge in [-0.3, -0.25) is 0 Å². The zero-order chi connectivity index (χ0) is 33.2. The highest BCUT2D eigenvalue weighted by Crippen LogP contribution is 2.42. The number of ether oxygens (including phenoxy) is 5. The summed E-state index contributed by atoms with van der Waals surface area (Å²) in [5, 5.41) is 64.6. The van der Waals surface area contributed by atoms with Crippen molar-refractivity contribution in [2.45, 2.75) is 82.2 Å². The lowest BCUT2D eigenvalue weighted by Gasteiger charge is -2.46. The largest absolute Gasteiger partial charge is 0.507 e. The lowest BCUT2D eigenvalue weighted by molar-refractivity contribution is -0.353. The second-order valence-electron chi connectivity index (χ2n) is 11.6. The molecule has 0 radical (unpaired) electrons. The normalized spacial score (nSPS) is 31.8. The quantitative estimate of drug-likeness (QED) is 0.130. The van der Waals surface area contributed by atoms with Crippen LogP contribution in [0.1, 0.15) is 29.8 Å². The maximum absolute atomic E-state index is 13.3. The van der Waals surface area contributed by atoms with E-state index in [1.54, 1.807) is 19.9 Å². The Bertz CT molecular complexity index is 1870. The predicted molar refractivity (Wildman–Crippen MR) is 160 cm³/mol. The minimum atomic E-state index is -1.62. The van der Waals surface area contributed by atoms with Crippen molar-refractivity contribution in [3.05, 3.63) is 57.9 Å². The van der Waals surface area contributed by atoms with Gasteiger partial charge in [-0.05, 0) is 44.5 Å². The molecule has 10 atom stereocenters. The van der Waals surface area contributed by atoms with E-state index in [9.17, 15) is 40.2 Å². The number of aromatic carboxylic acids is 1. The summed E-state index contributed by atoms with van der Waals surface area (Å²) in [6.45, 7) is 4.67. The fourth-order valence-corrected chi connectivity index (χ4v) is 6.26. The highest BCUT2D eigenvalue weighted by Gasteiger charge is 2.50. The zero-order valence-corrected chi connectivity index (χ0v) is 25.2. The molecule has 3 heterocycles. The van der Waals surface area contributed by atoms with Gasteiger partial charge in [0.25, 0.3) is 0 Å². The Hall–Kier alpha value is -3.86. The van der Waals surface area contributed by atoms with Crippen LogP contribution in [0.15, 0.2) is 45.6 Å². The molecule has 0 bridgehead atoms. The number of aromatic hydroxyl groups is 1. The van der Waals surface area contributed by atoms with Crippen LogP contribution >= 0.6 is 0 Å². The molecular weight excluding hydrogens is 608 g/mol. The van der Waals surface area contributed by atoms with Crippen LogP contribution in [0, 0.1) is 6.92 Å². The lowest BCUT2D eigenvalue weighted by atomic mass is 9.96. The van der Waals surface area contributed by atoms with Gasteiger partial charge >= 0.3 is 11.6 Å². The SMILES string of the molecule is CO[C@H]1[C@@H](O)[C@@H](O[C@@H]2[C@H](Oc3cccc4c(O)cc5c(oc(=O)c6c(C)ccc(C(=O)O)c65)c34)O[C@H](C)[C@H](O)[C@@H]2O)O[C@@H](C)[C@H]1O. The monoisotopic (exact) mass is 642 g/mol. The number of hydrogen-bond acceptors (Lipinski definition) is 13. The van der Waals surface area contributed by atoms with Gasteiger partial charge < -0.3 is 58.7 Å². The summed E-state index contributed by atoms with van der Waals surface area (Å²) in [6, 6.07) is 8.74. The second kappa shape index (κ2) is 12.1. The van der Waals surface area contributed by atoms with Gasteiger partial charge in [0, 0.05) is 23.3 Å². The first kappa shape index (κ1) is 32.1. The van der Waals surface area contributed by atoms with Gasteiger partial charge in [0.05, 0.1) is 28.5 Å². The maximum atomic E-state index is 13.3. The molecular formula is C32H34O14. The third kappa shape index (κ3) is 5.16. The van der Waals surface area contributed by atoms with Crippen LogP contribution in [-0.2, 0) is 18.9 Å². The average Bonchev–Trinajstić information content (AvgIpc) is 3.01. The first-order valence-corrected chi connectivity index (χ1v) is 14.6. The number of aliphatic hydroxyl groups is 4. The molecule has 2 aliphatic heterocycles. The topological polar surface area (TPSA) is 215 Å². The molecule has 1 aromatic heterocycles. The predicted octanol–water partition coefficient (Wildman–Crippen LogP) is 1.52. The molecule has 0 unspecified atom stereocenters. The van der Waals surface area contributed by atoms with Crippen LogP contribution in [0.2, 0.25) is 0 Å². The van der Waals surface area contributed by atoms with Crippen LogP contribution in [-0.4, -0.2) is 105 Å². The highest BCUT2D eigenvalue weighted by molar-refractivity contribution is 6.21. The molecule has 6 N–H and O–H groups in total. The van der Waals surface area contributed by atoms with E-state index >= 15 is 0 Å². The molecule has 0 spiro atoms. The van der Waals surface area contributed by atoms with Crippen molar-refractivity contribution in [3.63, 3.8) is 0 Å². The Balaban J connectivity index is 1.49. The van der Waals surface area contributed by atoms with E-state index in [1.165, 1.54) is 44.4 Å². The summed E-state index contributed by atoms with van der Waals surface area (Å²) < 4.78 is 34.8. The molecule has 46 heavy (non-hydrogen) atoms. The second-order valence-corrected chi connectivity index (χ2v) is 11.6. The molecule has 0 amide bonds. The number of hydrogen-bond donors (Lipinski definition) is 6. The Morgan fingerprint density at radius 1 is 0.826 bits per heavy atom. The van der Waals surface area contributed by atoms with Gasteiger partial charge in [-0.15, -0.1) is 0 Å². The van der Waals surface area contributed by atoms with Crippen molar-refractivity contribution in [1.82, 2.24) is 0 Å². The number of aliphatic hydroxyl groups excluding tert-OH is 4. The first-order valence-electron chi connectivity index (χ1n) is 14.6. The summed E-state index contributed by atoms with van der Waals surface area (Å²) in [5.41, 5.74) is -0.584. The van der Waals surface area contributed by atoms with Crippen molar-refractivity contribution in [2.75, 3.05) is 7.11 Å². The number of phenols is 1. The van der Waals surface area contributed by atoms with Crippen LogP contribution in [0.3, 0.4) is 0 Å². The number of aryl methyl sites for hydroxylation is 1. The van der Waals surface area contributed by atoms with Crippen molar-refractivity contribution in [3.8, 4) is 11.5 Å². The molecule has 246 valence electrons. The van der Waals surface area contributed by atoms with E-state index < -0.39 is 73.0 Å². The standard InChI is InChI=1S/C32H34O14/c1-11-8-9-15(29(38)39)20-16-10-17(33)14-6-5-7-18(21(14)26(16)45-30(40)19(11)20)44-32-28(24(36)22(34)12(2)43-32)46-31-25(37)27(41-4)23(35)13(3)42-31/h5-10,12-13,22-25,27-28,31-37H,1-4H3,(H,38,39)/t12-,13+,22+,23-,24+,25-,27-,28+,31-,32+/m1/s1. The zero-order valence-electron chi connectivity index (χ0n) is 25.2. The summed E-state index contributed by atoms with van der Waals surface area (Å²) in [5.74, 6) is -1.56. The van der Waals surface area contributed by atoms with E-state index in [2.05, 4.69) is 0 Å². The van der Waals surface area contributed by atoms with E-state index in [-0.39, 0.29) is 49.6 Å². The Kier molecular flexibility index (Phi) is 8.41. The Morgan fingerprint density at radius 2 is 1.52 bits per heavy atom. The third-order valence-corrected chi connectivity index (χ3v) is 8.74. The van der Waals surface area contributed by atoms with Gasteiger partial charge in [-0.25, -0.2) is 9.59 Å². The van der Waals surface area contributed by atoms with Crippen molar-refractivity contribution in [2.24, 2.45) is 0 Å². The van der Waals surface area contributed by atoms with Gasteiger partial charge in [0.15, 0.2) is 18.0 Å². The molecule has 6 rings (SSSR count). The Labute approximate surface area is 260 Å². The summed E-state index contributed by atoms with van der Waals surface area (Å²) in [4.78, 5) is 25.5. The van der Waals surface area contributed by atoms with Gasteiger partial charge in [-0.2, -0.15) is 0 Å².